The molecule has 3 aromatic rings. The molecule has 4 bridgehead atoms. The first-order valence-corrected chi connectivity index (χ1v) is 7.99. The number of aromatic nitrogens is 2. The molecular formula is C18H17N3O3. The van der Waals surface area contributed by atoms with Crippen LogP contribution in [0.3, 0.4) is 0 Å². The van der Waals surface area contributed by atoms with Crippen molar-refractivity contribution in [1.29, 1.82) is 0 Å². The highest BCUT2D eigenvalue weighted by Gasteiger charge is 2.12. The summed E-state index contributed by atoms with van der Waals surface area (Å²) in [4.78, 5) is 21.5. The molecule has 24 heavy (non-hydrogen) atoms. The summed E-state index contributed by atoms with van der Waals surface area (Å²) < 4.78 is 0. The molecule has 2 aromatic carbocycles. The molecule has 2 N–H and O–H groups in total. The summed E-state index contributed by atoms with van der Waals surface area (Å²) in [5.41, 5.74) is 4.01. The van der Waals surface area contributed by atoms with Crippen molar-refractivity contribution in [2.24, 2.45) is 0 Å². The van der Waals surface area contributed by atoms with E-state index in [1.807, 2.05) is 12.1 Å². The lowest BCUT2D eigenvalue weighted by Crippen LogP contribution is -2.26. The first-order valence-electron chi connectivity index (χ1n) is 7.99. The maximum Gasteiger partial charge on any atom is 0.450 e. The summed E-state index contributed by atoms with van der Waals surface area (Å²) in [7, 11) is 0. The van der Waals surface area contributed by atoms with Gasteiger partial charge in [0.2, 0.25) is 0 Å². The van der Waals surface area contributed by atoms with Crippen molar-refractivity contribution >= 4 is 17.0 Å². The van der Waals surface area contributed by atoms with E-state index < -0.39 is 6.09 Å². The van der Waals surface area contributed by atoms with Crippen LogP contribution in [-0.4, -0.2) is 22.8 Å². The van der Waals surface area contributed by atoms with E-state index in [0.717, 1.165) is 41.4 Å². The lowest BCUT2D eigenvalue weighted by Gasteiger charge is -2.06. The first kappa shape index (κ1) is 14.6. The van der Waals surface area contributed by atoms with Crippen molar-refractivity contribution in [2.45, 2.75) is 19.3 Å². The SMILES string of the molecule is O=C1NCCCCc2ccc3[nH]nc(c3c2)-c2cccc(c2)OO1. The largest absolute Gasteiger partial charge is 0.450 e. The van der Waals surface area contributed by atoms with Crippen LogP contribution in [0.15, 0.2) is 42.5 Å². The Morgan fingerprint density at radius 1 is 1.04 bits per heavy atom. The van der Waals surface area contributed by atoms with Crippen LogP contribution in [0.4, 0.5) is 4.79 Å². The lowest BCUT2D eigenvalue weighted by molar-refractivity contribution is -0.142. The average Bonchev–Trinajstić information content (AvgIpc) is 3.02. The number of rotatable bonds is 0. The molecule has 0 radical (unpaired) electrons. The number of H-pyrrole nitrogens is 1. The summed E-state index contributed by atoms with van der Waals surface area (Å²) in [5.74, 6) is 0.449. The molecule has 4 rings (SSSR count). The van der Waals surface area contributed by atoms with Crippen molar-refractivity contribution in [1.82, 2.24) is 15.5 Å². The van der Waals surface area contributed by atoms with E-state index in [1.54, 1.807) is 12.1 Å². The third-order valence-electron chi connectivity index (χ3n) is 4.11. The Hall–Kier alpha value is -3.02. The van der Waals surface area contributed by atoms with Gasteiger partial charge in [0.25, 0.3) is 0 Å². The van der Waals surface area contributed by atoms with Crippen LogP contribution in [0.2, 0.25) is 0 Å². The molecule has 2 heterocycles. The van der Waals surface area contributed by atoms with Gasteiger partial charge in [-0.25, -0.2) is 9.68 Å². The topological polar surface area (TPSA) is 76.2 Å². The molecule has 1 aliphatic rings. The molecule has 0 spiro atoms. The molecule has 0 fully saturated rings. The molecule has 1 aromatic heterocycles. The maximum atomic E-state index is 11.6. The van der Waals surface area contributed by atoms with E-state index in [9.17, 15) is 4.79 Å². The number of hydrogen-bond donors (Lipinski definition) is 2. The van der Waals surface area contributed by atoms with E-state index in [0.29, 0.717) is 12.3 Å². The van der Waals surface area contributed by atoms with Crippen LogP contribution < -0.4 is 10.2 Å². The highest BCUT2D eigenvalue weighted by atomic mass is 17.2. The fraction of sp³-hybridized carbons (Fsp3) is 0.222. The Labute approximate surface area is 138 Å². The van der Waals surface area contributed by atoms with Crippen LogP contribution in [0.25, 0.3) is 22.2 Å². The zero-order valence-electron chi connectivity index (χ0n) is 13.0. The fourth-order valence-electron chi connectivity index (χ4n) is 2.89. The van der Waals surface area contributed by atoms with Gasteiger partial charge < -0.3 is 5.32 Å². The Morgan fingerprint density at radius 2 is 2.00 bits per heavy atom. The molecule has 0 unspecified atom stereocenters. The van der Waals surface area contributed by atoms with Gasteiger partial charge in [-0.15, -0.1) is 0 Å². The minimum absolute atomic E-state index is 0.449. The van der Waals surface area contributed by atoms with Gasteiger partial charge in [-0.2, -0.15) is 5.10 Å². The van der Waals surface area contributed by atoms with Crippen molar-refractivity contribution in [3.8, 4) is 17.0 Å². The monoisotopic (exact) mass is 323 g/mol. The van der Waals surface area contributed by atoms with Crippen LogP contribution in [0.1, 0.15) is 18.4 Å². The summed E-state index contributed by atoms with van der Waals surface area (Å²) in [6.45, 7) is 0.557. The molecule has 6 nitrogen and oxygen atoms in total. The zero-order valence-corrected chi connectivity index (χ0v) is 13.0. The number of aryl methyl sites for hydroxylation is 1. The zero-order chi connectivity index (χ0) is 16.4. The predicted molar refractivity (Wildman–Crippen MR) is 89.6 cm³/mol. The quantitative estimate of drug-likeness (QED) is 0.620. The third kappa shape index (κ3) is 2.90. The summed E-state index contributed by atoms with van der Waals surface area (Å²) in [5, 5.41) is 11.3. The Bertz CT molecular complexity index is 888. The number of aromatic amines is 1. The van der Waals surface area contributed by atoms with Gasteiger partial charge in [0, 0.05) is 17.5 Å². The summed E-state index contributed by atoms with van der Waals surface area (Å²) in [6, 6.07) is 13.7. The second-order valence-electron chi connectivity index (χ2n) is 5.82. The molecule has 6 heteroatoms. The van der Waals surface area contributed by atoms with E-state index >= 15 is 0 Å². The summed E-state index contributed by atoms with van der Waals surface area (Å²) in [6.07, 6.45) is 2.22. The highest BCUT2D eigenvalue weighted by molar-refractivity contribution is 5.93. The standard InChI is InChI=1S/C18H17N3O3/c22-18-19-9-2-1-4-12-7-8-16-15(10-12)17(21-20-16)13-5-3-6-14(11-13)23-24-18/h3,5-8,10-11H,1-2,4,9H2,(H,19,22)(H,20,21). The minimum atomic E-state index is -0.585. The Kier molecular flexibility index (Phi) is 3.78. The second kappa shape index (κ2) is 6.23. The molecule has 0 atom stereocenters. The van der Waals surface area contributed by atoms with E-state index in [2.05, 4.69) is 33.7 Å². The molecule has 0 aliphatic carbocycles. The number of nitrogens with zero attached hydrogens (tertiary/aromatic N) is 1. The van der Waals surface area contributed by atoms with Crippen LogP contribution >= 0.6 is 0 Å². The van der Waals surface area contributed by atoms with Gasteiger partial charge >= 0.3 is 6.09 Å². The number of carbonyl (C=O) groups excluding carboxylic acids is 1. The smallest absolute Gasteiger partial charge is 0.318 e. The van der Waals surface area contributed by atoms with Crippen molar-refractivity contribution in [3.63, 3.8) is 0 Å². The van der Waals surface area contributed by atoms with Gasteiger partial charge in [0.05, 0.1) is 5.52 Å². The van der Waals surface area contributed by atoms with Crippen LogP contribution in [0, 0.1) is 0 Å². The molecular weight excluding hydrogens is 306 g/mol. The maximum absolute atomic E-state index is 11.6. The van der Waals surface area contributed by atoms with Crippen LogP contribution in [-0.2, 0) is 11.3 Å². The first-order chi connectivity index (χ1) is 11.8. The molecule has 0 saturated heterocycles. The van der Waals surface area contributed by atoms with Gasteiger partial charge in [-0.3, -0.25) is 9.99 Å². The molecule has 0 saturated carbocycles. The van der Waals surface area contributed by atoms with Gasteiger partial charge in [-0.05, 0) is 49.1 Å². The third-order valence-corrected chi connectivity index (χ3v) is 4.11. The summed E-state index contributed by atoms with van der Waals surface area (Å²) >= 11 is 0. The fourth-order valence-corrected chi connectivity index (χ4v) is 2.89. The van der Waals surface area contributed by atoms with E-state index in [4.69, 9.17) is 9.78 Å². The number of amides is 1. The van der Waals surface area contributed by atoms with Gasteiger partial charge in [-0.1, -0.05) is 18.2 Å². The Balaban J connectivity index is 1.78. The lowest BCUT2D eigenvalue weighted by atomic mass is 10.0. The molecule has 1 amide bonds. The molecule has 1 aliphatic heterocycles. The van der Waals surface area contributed by atoms with Crippen LogP contribution in [0.5, 0.6) is 5.75 Å². The van der Waals surface area contributed by atoms with Crippen molar-refractivity contribution in [2.75, 3.05) is 6.54 Å². The van der Waals surface area contributed by atoms with Gasteiger partial charge in [0.1, 0.15) is 5.69 Å². The minimum Gasteiger partial charge on any atom is -0.318 e. The van der Waals surface area contributed by atoms with E-state index in [-0.39, 0.29) is 0 Å². The predicted octanol–water partition coefficient (Wildman–Crippen LogP) is 3.59. The average molecular weight is 323 g/mol. The number of fused-ring (bicyclic) bond motifs is 4. The number of hydrogen-bond acceptors (Lipinski definition) is 4. The normalized spacial score (nSPS) is 15.1. The number of carbonyl (C=O) groups is 1. The second-order valence-corrected chi connectivity index (χ2v) is 5.82. The number of benzene rings is 2. The van der Waals surface area contributed by atoms with E-state index in [1.165, 1.54) is 5.56 Å². The highest BCUT2D eigenvalue weighted by Crippen LogP contribution is 2.29. The number of nitrogens with one attached hydrogen (secondary N) is 2. The molecule has 122 valence electrons. The van der Waals surface area contributed by atoms with Gasteiger partial charge in [0.15, 0.2) is 5.75 Å². The Morgan fingerprint density at radius 3 is 2.96 bits per heavy atom. The van der Waals surface area contributed by atoms with Crippen molar-refractivity contribution in [3.05, 3.63) is 48.0 Å². The van der Waals surface area contributed by atoms with Crippen molar-refractivity contribution < 1.29 is 14.6 Å².